The number of carbonyl (C=O) groups is 1. The van der Waals surface area contributed by atoms with Crippen LogP contribution in [0.5, 0.6) is 0 Å². The van der Waals surface area contributed by atoms with Gasteiger partial charge in [-0.05, 0) is 36.6 Å². The van der Waals surface area contributed by atoms with Crippen LogP contribution in [0.15, 0.2) is 48.5 Å². The van der Waals surface area contributed by atoms with Crippen LogP contribution < -0.4 is 5.32 Å². The average Bonchev–Trinajstić information content (AvgIpc) is 2.41. The Morgan fingerprint density at radius 3 is 2.50 bits per heavy atom. The molecule has 0 aliphatic rings. The van der Waals surface area contributed by atoms with E-state index in [4.69, 9.17) is 11.6 Å². The van der Waals surface area contributed by atoms with Gasteiger partial charge in [0, 0.05) is 5.69 Å². The lowest BCUT2D eigenvalue weighted by molar-refractivity contribution is -0.115. The van der Waals surface area contributed by atoms with Crippen LogP contribution in [0.1, 0.15) is 29.0 Å². The normalized spacial score (nSPS) is 11.9. The van der Waals surface area contributed by atoms with Gasteiger partial charge in [0.15, 0.2) is 0 Å². The van der Waals surface area contributed by atoms with E-state index in [-0.39, 0.29) is 11.3 Å². The zero-order valence-corrected chi connectivity index (χ0v) is 12.4. The number of hydrogen-bond donors (Lipinski definition) is 1. The SMILES string of the molecule is Cc1ccccc1CC(=O)Nc1ccccc1C(C)Cl. The largest absolute Gasteiger partial charge is 0.325 e. The predicted octanol–water partition coefficient (Wildman–Crippen LogP) is 4.48. The standard InChI is InChI=1S/C17H18ClNO/c1-12-7-3-4-8-14(12)11-17(20)19-16-10-6-5-9-15(16)13(2)18/h3-10,13H,11H2,1-2H3,(H,19,20). The third kappa shape index (κ3) is 3.61. The molecule has 0 heterocycles. The van der Waals surface area contributed by atoms with Crippen LogP contribution in [0.3, 0.4) is 0 Å². The first-order chi connectivity index (χ1) is 9.58. The highest BCUT2D eigenvalue weighted by atomic mass is 35.5. The molecule has 0 bridgehead atoms. The highest BCUT2D eigenvalue weighted by molar-refractivity contribution is 6.21. The monoisotopic (exact) mass is 287 g/mol. The van der Waals surface area contributed by atoms with E-state index in [1.165, 1.54) is 0 Å². The van der Waals surface area contributed by atoms with Crippen LogP contribution in [0, 0.1) is 6.92 Å². The van der Waals surface area contributed by atoms with Gasteiger partial charge in [0.1, 0.15) is 0 Å². The number of nitrogens with one attached hydrogen (secondary N) is 1. The molecule has 1 N–H and O–H groups in total. The van der Waals surface area contributed by atoms with Crippen molar-refractivity contribution in [2.24, 2.45) is 0 Å². The molecule has 0 saturated heterocycles. The van der Waals surface area contributed by atoms with E-state index < -0.39 is 0 Å². The number of alkyl halides is 1. The average molecular weight is 288 g/mol. The number of amides is 1. The van der Waals surface area contributed by atoms with Crippen LogP contribution in [-0.4, -0.2) is 5.91 Å². The Bertz CT molecular complexity index is 607. The van der Waals surface area contributed by atoms with Crippen molar-refractivity contribution in [2.45, 2.75) is 25.6 Å². The first kappa shape index (κ1) is 14.6. The molecule has 0 fully saturated rings. The fourth-order valence-electron chi connectivity index (χ4n) is 2.13. The van der Waals surface area contributed by atoms with Crippen molar-refractivity contribution in [1.29, 1.82) is 0 Å². The summed E-state index contributed by atoms with van der Waals surface area (Å²) in [6.45, 7) is 3.91. The van der Waals surface area contributed by atoms with Crippen molar-refractivity contribution in [3.05, 3.63) is 65.2 Å². The van der Waals surface area contributed by atoms with Gasteiger partial charge < -0.3 is 5.32 Å². The predicted molar refractivity (Wildman–Crippen MR) is 84.2 cm³/mol. The topological polar surface area (TPSA) is 29.1 Å². The summed E-state index contributed by atoms with van der Waals surface area (Å²) in [5, 5.41) is 2.81. The molecular weight excluding hydrogens is 270 g/mol. The van der Waals surface area contributed by atoms with Gasteiger partial charge in [0.2, 0.25) is 5.91 Å². The lowest BCUT2D eigenvalue weighted by Gasteiger charge is -2.13. The Hall–Kier alpha value is -1.80. The Balaban J connectivity index is 2.11. The second-order valence-electron chi connectivity index (χ2n) is 4.85. The van der Waals surface area contributed by atoms with Crippen LogP contribution in [0.4, 0.5) is 5.69 Å². The molecule has 3 heteroatoms. The van der Waals surface area contributed by atoms with Crippen LogP contribution >= 0.6 is 11.6 Å². The summed E-state index contributed by atoms with van der Waals surface area (Å²) in [6, 6.07) is 15.5. The summed E-state index contributed by atoms with van der Waals surface area (Å²) in [6.07, 6.45) is 0.373. The van der Waals surface area contributed by atoms with E-state index in [1.807, 2.05) is 62.4 Å². The zero-order valence-electron chi connectivity index (χ0n) is 11.7. The first-order valence-electron chi connectivity index (χ1n) is 6.65. The van der Waals surface area contributed by atoms with Crippen molar-refractivity contribution >= 4 is 23.2 Å². The zero-order chi connectivity index (χ0) is 14.5. The van der Waals surface area contributed by atoms with Crippen LogP contribution in [0.2, 0.25) is 0 Å². The van der Waals surface area contributed by atoms with E-state index in [0.717, 1.165) is 22.4 Å². The summed E-state index contributed by atoms with van der Waals surface area (Å²) >= 11 is 6.13. The van der Waals surface area contributed by atoms with Crippen molar-refractivity contribution < 1.29 is 4.79 Å². The molecule has 104 valence electrons. The summed E-state index contributed by atoms with van der Waals surface area (Å²) in [7, 11) is 0. The number of carbonyl (C=O) groups excluding carboxylic acids is 1. The Morgan fingerprint density at radius 1 is 1.15 bits per heavy atom. The molecule has 1 unspecified atom stereocenters. The van der Waals surface area contributed by atoms with Crippen molar-refractivity contribution in [3.63, 3.8) is 0 Å². The highest BCUT2D eigenvalue weighted by Crippen LogP contribution is 2.27. The Labute approximate surface area is 124 Å². The van der Waals surface area contributed by atoms with Gasteiger partial charge in [0.25, 0.3) is 0 Å². The minimum absolute atomic E-state index is 0.0240. The number of hydrogen-bond acceptors (Lipinski definition) is 1. The summed E-state index contributed by atoms with van der Waals surface area (Å²) in [5.74, 6) is -0.0240. The number of para-hydroxylation sites is 1. The fraction of sp³-hybridized carbons (Fsp3) is 0.235. The number of benzene rings is 2. The lowest BCUT2D eigenvalue weighted by atomic mass is 10.1. The summed E-state index contributed by atoms with van der Waals surface area (Å²) in [5.41, 5.74) is 3.89. The minimum Gasteiger partial charge on any atom is -0.325 e. The molecule has 0 radical (unpaired) electrons. The molecule has 2 nitrogen and oxygen atoms in total. The number of aryl methyl sites for hydroxylation is 1. The van der Waals surface area contributed by atoms with Gasteiger partial charge in [-0.25, -0.2) is 0 Å². The second-order valence-corrected chi connectivity index (χ2v) is 5.51. The molecule has 2 rings (SSSR count). The highest BCUT2D eigenvalue weighted by Gasteiger charge is 2.11. The van der Waals surface area contributed by atoms with Crippen molar-refractivity contribution in [2.75, 3.05) is 5.32 Å². The number of rotatable bonds is 4. The van der Waals surface area contributed by atoms with Crippen molar-refractivity contribution in [1.82, 2.24) is 0 Å². The summed E-state index contributed by atoms with van der Waals surface area (Å²) in [4.78, 5) is 12.2. The molecular formula is C17H18ClNO. The smallest absolute Gasteiger partial charge is 0.228 e. The lowest BCUT2D eigenvalue weighted by Crippen LogP contribution is -2.16. The first-order valence-corrected chi connectivity index (χ1v) is 7.09. The van der Waals surface area contributed by atoms with Gasteiger partial charge >= 0.3 is 0 Å². The Morgan fingerprint density at radius 2 is 1.80 bits per heavy atom. The number of halogens is 1. The quantitative estimate of drug-likeness (QED) is 0.826. The molecule has 1 amide bonds. The molecule has 0 aliphatic carbocycles. The maximum atomic E-state index is 12.2. The molecule has 1 atom stereocenters. The van der Waals surface area contributed by atoms with E-state index >= 15 is 0 Å². The van der Waals surface area contributed by atoms with Crippen LogP contribution in [-0.2, 0) is 11.2 Å². The van der Waals surface area contributed by atoms with E-state index in [2.05, 4.69) is 5.32 Å². The van der Waals surface area contributed by atoms with Gasteiger partial charge in [-0.15, -0.1) is 11.6 Å². The molecule has 0 aromatic heterocycles. The molecule has 0 aliphatic heterocycles. The van der Waals surface area contributed by atoms with Gasteiger partial charge in [-0.1, -0.05) is 42.5 Å². The minimum atomic E-state index is -0.134. The van der Waals surface area contributed by atoms with Gasteiger partial charge in [-0.3, -0.25) is 4.79 Å². The molecule has 0 spiro atoms. The number of anilines is 1. The van der Waals surface area contributed by atoms with Gasteiger partial charge in [0.05, 0.1) is 11.8 Å². The van der Waals surface area contributed by atoms with Gasteiger partial charge in [-0.2, -0.15) is 0 Å². The maximum absolute atomic E-state index is 12.2. The third-order valence-electron chi connectivity index (χ3n) is 3.28. The fourth-order valence-corrected chi connectivity index (χ4v) is 2.32. The molecule has 2 aromatic rings. The van der Waals surface area contributed by atoms with E-state index in [0.29, 0.717) is 6.42 Å². The van der Waals surface area contributed by atoms with E-state index in [9.17, 15) is 4.79 Å². The molecule has 20 heavy (non-hydrogen) atoms. The van der Waals surface area contributed by atoms with Crippen molar-refractivity contribution in [3.8, 4) is 0 Å². The second kappa shape index (κ2) is 6.58. The molecule has 2 aromatic carbocycles. The van der Waals surface area contributed by atoms with Crippen LogP contribution in [0.25, 0.3) is 0 Å². The van der Waals surface area contributed by atoms with E-state index in [1.54, 1.807) is 0 Å². The Kier molecular flexibility index (Phi) is 4.80. The third-order valence-corrected chi connectivity index (χ3v) is 3.51. The maximum Gasteiger partial charge on any atom is 0.228 e. The molecule has 0 saturated carbocycles. The summed E-state index contributed by atoms with van der Waals surface area (Å²) < 4.78 is 0.